The van der Waals surface area contributed by atoms with Gasteiger partial charge >= 0.3 is 12.4 Å². The lowest BCUT2D eigenvalue weighted by Gasteiger charge is -2.13. The van der Waals surface area contributed by atoms with Gasteiger partial charge in [-0.3, -0.25) is 14.4 Å². The lowest BCUT2D eigenvalue weighted by atomic mass is 10.1. The first-order chi connectivity index (χ1) is 21.8. The molecule has 0 aliphatic rings. The Balaban J connectivity index is 1.74. The first-order valence-electron chi connectivity index (χ1n) is 13.1. The van der Waals surface area contributed by atoms with Crippen molar-refractivity contribution in [2.24, 2.45) is 0 Å². The second kappa shape index (κ2) is 13.2. The Hall–Kier alpha value is -4.71. The van der Waals surface area contributed by atoms with Gasteiger partial charge in [-0.25, -0.2) is 12.8 Å². The zero-order valence-corrected chi connectivity index (χ0v) is 25.7. The second-order valence-electron chi connectivity index (χ2n) is 9.92. The molecule has 4 rings (SSSR count). The molecule has 47 heavy (non-hydrogen) atoms. The van der Waals surface area contributed by atoms with E-state index >= 15 is 0 Å². The number of carbonyl (C=O) groups is 3. The molecule has 9 nitrogen and oxygen atoms in total. The Labute approximate surface area is 265 Å². The number of alkyl halides is 6. The van der Waals surface area contributed by atoms with Crippen LogP contribution in [-0.2, 0) is 22.2 Å². The molecule has 0 aliphatic carbocycles. The van der Waals surface area contributed by atoms with Crippen molar-refractivity contribution in [1.82, 2.24) is 5.32 Å². The molecule has 0 atom stereocenters. The normalized spacial score (nSPS) is 12.1. The minimum Gasteiger partial charge on any atom is -0.496 e. The van der Waals surface area contributed by atoms with E-state index in [-0.39, 0.29) is 44.9 Å². The van der Waals surface area contributed by atoms with Crippen molar-refractivity contribution in [1.29, 1.82) is 0 Å². The first kappa shape index (κ1) is 35.1. The van der Waals surface area contributed by atoms with Crippen LogP contribution in [0.2, 0.25) is 0 Å². The number of rotatable bonds is 9. The minimum absolute atomic E-state index is 0.0368. The Bertz CT molecular complexity index is 1990. The lowest BCUT2D eigenvalue weighted by molar-refractivity contribution is -0.140. The van der Waals surface area contributed by atoms with Gasteiger partial charge in [-0.15, -0.1) is 11.3 Å². The Morgan fingerprint density at radius 2 is 1.55 bits per heavy atom. The van der Waals surface area contributed by atoms with Crippen LogP contribution in [0, 0.1) is 5.82 Å². The molecule has 4 aromatic rings. The largest absolute Gasteiger partial charge is 0.496 e. The molecule has 0 unspecified atom stereocenters. The van der Waals surface area contributed by atoms with Gasteiger partial charge in [0.15, 0.2) is 0 Å². The summed E-state index contributed by atoms with van der Waals surface area (Å²) in [4.78, 5) is 39.1. The van der Waals surface area contributed by atoms with E-state index < -0.39 is 67.4 Å². The Morgan fingerprint density at radius 3 is 2.17 bits per heavy atom. The van der Waals surface area contributed by atoms with Crippen LogP contribution in [0.15, 0.2) is 54.6 Å². The molecule has 1 aromatic heterocycles. The molecule has 0 radical (unpaired) electrons. The topological polar surface area (TPSA) is 131 Å². The number of benzene rings is 3. The zero-order chi connectivity index (χ0) is 34.9. The number of sulfone groups is 1. The van der Waals surface area contributed by atoms with Crippen LogP contribution in [0.3, 0.4) is 0 Å². The van der Waals surface area contributed by atoms with Crippen LogP contribution in [0.5, 0.6) is 5.75 Å². The third-order valence-electron chi connectivity index (χ3n) is 6.46. The molecule has 18 heteroatoms. The Morgan fingerprint density at radius 1 is 0.851 bits per heavy atom. The smallest absolute Gasteiger partial charge is 0.419 e. The minimum atomic E-state index is -5.10. The molecule has 0 fully saturated rings. The van der Waals surface area contributed by atoms with Crippen molar-refractivity contribution >= 4 is 60.4 Å². The molecule has 0 spiro atoms. The fourth-order valence-electron chi connectivity index (χ4n) is 4.22. The highest BCUT2D eigenvalue weighted by atomic mass is 32.2. The molecular formula is C29H22F7N3O6S2. The molecule has 0 bridgehead atoms. The summed E-state index contributed by atoms with van der Waals surface area (Å²) in [6.45, 7) is -0.233. The molecule has 250 valence electrons. The maximum absolute atomic E-state index is 13.8. The molecule has 0 aliphatic heterocycles. The number of hydrogen-bond acceptors (Lipinski definition) is 7. The average molecular weight is 706 g/mol. The summed E-state index contributed by atoms with van der Waals surface area (Å²) in [6.07, 6.45) is -8.91. The van der Waals surface area contributed by atoms with Crippen molar-refractivity contribution in [3.63, 3.8) is 0 Å². The number of methoxy groups -OCH3 is 1. The Kier molecular flexibility index (Phi) is 9.86. The fourth-order valence-corrected chi connectivity index (χ4v) is 5.79. The summed E-state index contributed by atoms with van der Waals surface area (Å²) in [6, 6.07) is 7.67. The van der Waals surface area contributed by atoms with Gasteiger partial charge in [-0.2, -0.15) is 26.3 Å². The van der Waals surface area contributed by atoms with Crippen LogP contribution < -0.4 is 20.7 Å². The van der Waals surface area contributed by atoms with E-state index in [0.717, 1.165) is 24.5 Å². The third-order valence-corrected chi connectivity index (χ3v) is 8.55. The number of fused-ring (bicyclic) bond motifs is 1. The predicted octanol–water partition coefficient (Wildman–Crippen LogP) is 6.37. The zero-order valence-electron chi connectivity index (χ0n) is 24.0. The van der Waals surface area contributed by atoms with Gasteiger partial charge in [-0.05, 0) is 48.5 Å². The van der Waals surface area contributed by atoms with E-state index in [0.29, 0.717) is 35.6 Å². The number of nitrogens with one attached hydrogen (secondary N) is 3. The van der Waals surface area contributed by atoms with Gasteiger partial charge in [0.25, 0.3) is 17.7 Å². The van der Waals surface area contributed by atoms with Crippen LogP contribution in [0.1, 0.15) is 41.5 Å². The summed E-state index contributed by atoms with van der Waals surface area (Å²) in [5.74, 6) is -4.91. The summed E-state index contributed by atoms with van der Waals surface area (Å²) >= 11 is 0.493. The van der Waals surface area contributed by atoms with Gasteiger partial charge < -0.3 is 20.7 Å². The fraction of sp³-hybridized carbons (Fsp3) is 0.207. The molecule has 3 aromatic carbocycles. The molecule has 1 heterocycles. The van der Waals surface area contributed by atoms with Crippen molar-refractivity contribution in [3.05, 3.63) is 87.5 Å². The molecule has 0 saturated carbocycles. The van der Waals surface area contributed by atoms with E-state index in [1.54, 1.807) is 0 Å². The quantitative estimate of drug-likeness (QED) is 0.174. The number of halogens is 7. The van der Waals surface area contributed by atoms with E-state index in [1.165, 1.54) is 19.2 Å². The highest BCUT2D eigenvalue weighted by Crippen LogP contribution is 2.41. The number of hydrogen-bond donors (Lipinski definition) is 3. The number of carbonyl (C=O) groups excluding carboxylic acids is 3. The highest BCUT2D eigenvalue weighted by molar-refractivity contribution is 7.90. The number of thiophene rings is 1. The molecule has 3 N–H and O–H groups in total. The van der Waals surface area contributed by atoms with Gasteiger partial charge in [0.05, 0.1) is 35.2 Å². The molecular weight excluding hydrogens is 683 g/mol. The number of amides is 3. The number of anilines is 2. The van der Waals surface area contributed by atoms with Gasteiger partial charge in [0, 0.05) is 34.1 Å². The van der Waals surface area contributed by atoms with Gasteiger partial charge in [-0.1, -0.05) is 6.07 Å². The van der Waals surface area contributed by atoms with Crippen molar-refractivity contribution < 1.29 is 58.3 Å². The SMILES string of the molecule is COc1ccc(C(=O)NCCS(C)(=O)=O)cc1C(=O)Nc1c(C(=O)Nc2ccc(F)c(C(F)(F)F)c2)sc2cc(C(F)(F)F)ccc12. The van der Waals surface area contributed by atoms with E-state index in [4.69, 9.17) is 4.74 Å². The first-order valence-corrected chi connectivity index (χ1v) is 15.9. The standard InChI is InChI=1S/C29H22F7N3O6S2/c1-45-21-8-3-14(25(40)37-9-10-47(2,43)44)11-18(21)26(41)39-23-17-6-4-15(28(31,32)33)12-22(17)46-24(23)27(42)38-16-5-7-20(30)19(13-16)29(34,35)36/h3-8,11-13H,9-10H2,1-2H3,(H,37,40)(H,38,42)(H,39,41). The van der Waals surface area contributed by atoms with Crippen molar-refractivity contribution in [2.75, 3.05) is 36.3 Å². The van der Waals surface area contributed by atoms with Crippen LogP contribution in [-0.4, -0.2) is 51.8 Å². The van der Waals surface area contributed by atoms with Crippen molar-refractivity contribution in [2.45, 2.75) is 12.4 Å². The second-order valence-corrected chi connectivity index (χ2v) is 13.2. The third kappa shape index (κ3) is 8.37. The summed E-state index contributed by atoms with van der Waals surface area (Å²) < 4.78 is 122. The number of ether oxygens (including phenoxy) is 1. The van der Waals surface area contributed by atoms with Gasteiger partial charge in [0.2, 0.25) is 0 Å². The van der Waals surface area contributed by atoms with E-state index in [2.05, 4.69) is 16.0 Å². The maximum atomic E-state index is 13.8. The molecule has 0 saturated heterocycles. The van der Waals surface area contributed by atoms with E-state index in [1.807, 2.05) is 0 Å². The highest BCUT2D eigenvalue weighted by Gasteiger charge is 2.35. The van der Waals surface area contributed by atoms with Crippen LogP contribution in [0.25, 0.3) is 10.1 Å². The maximum Gasteiger partial charge on any atom is 0.419 e. The van der Waals surface area contributed by atoms with E-state index in [9.17, 15) is 53.5 Å². The summed E-state index contributed by atoms with van der Waals surface area (Å²) in [7, 11) is -2.19. The van der Waals surface area contributed by atoms with Crippen LogP contribution in [0.4, 0.5) is 42.1 Å². The summed E-state index contributed by atoms with van der Waals surface area (Å²) in [5.41, 5.74) is -3.93. The van der Waals surface area contributed by atoms with Crippen LogP contribution >= 0.6 is 11.3 Å². The average Bonchev–Trinajstić information content (AvgIpc) is 3.33. The lowest BCUT2D eigenvalue weighted by Crippen LogP contribution is -2.29. The molecule has 3 amide bonds. The summed E-state index contributed by atoms with van der Waals surface area (Å²) in [5, 5.41) is 6.91. The monoisotopic (exact) mass is 705 g/mol. The predicted molar refractivity (Wildman–Crippen MR) is 159 cm³/mol. The van der Waals surface area contributed by atoms with Crippen molar-refractivity contribution in [3.8, 4) is 5.75 Å². The van der Waals surface area contributed by atoms with Gasteiger partial charge in [0.1, 0.15) is 26.3 Å².